The summed E-state index contributed by atoms with van der Waals surface area (Å²) in [5, 5.41) is 21.8. The molecule has 0 atom stereocenters. The van der Waals surface area contributed by atoms with Gasteiger partial charge in [0, 0.05) is 24.7 Å². The number of amides is 1. The SMILES string of the molecule is CNc1ccc(C(=O)Nc2ccc(=O)[nH]n2)cc1[N+](=O)[O-]. The second-order valence-electron chi connectivity index (χ2n) is 4.00. The van der Waals surface area contributed by atoms with Crippen LogP contribution in [0.1, 0.15) is 10.4 Å². The van der Waals surface area contributed by atoms with Crippen LogP contribution >= 0.6 is 0 Å². The van der Waals surface area contributed by atoms with Gasteiger partial charge in [0.2, 0.25) is 0 Å². The van der Waals surface area contributed by atoms with Crippen molar-refractivity contribution in [1.29, 1.82) is 0 Å². The largest absolute Gasteiger partial charge is 0.383 e. The normalized spacial score (nSPS) is 9.95. The van der Waals surface area contributed by atoms with Gasteiger partial charge in [-0.1, -0.05) is 0 Å². The van der Waals surface area contributed by atoms with Gasteiger partial charge in [0.1, 0.15) is 5.69 Å². The third kappa shape index (κ3) is 3.21. The van der Waals surface area contributed by atoms with E-state index in [9.17, 15) is 19.7 Å². The molecule has 2 aromatic rings. The summed E-state index contributed by atoms with van der Waals surface area (Å²) >= 11 is 0. The molecule has 0 aliphatic carbocycles. The minimum atomic E-state index is -0.582. The summed E-state index contributed by atoms with van der Waals surface area (Å²) < 4.78 is 0. The molecule has 0 aliphatic rings. The summed E-state index contributed by atoms with van der Waals surface area (Å²) in [6.45, 7) is 0. The Morgan fingerprint density at radius 1 is 1.33 bits per heavy atom. The molecule has 1 heterocycles. The molecule has 2 rings (SSSR count). The first-order valence-electron chi connectivity index (χ1n) is 5.84. The third-order valence-electron chi connectivity index (χ3n) is 2.65. The second-order valence-corrected chi connectivity index (χ2v) is 4.00. The van der Waals surface area contributed by atoms with Crippen LogP contribution in [0.5, 0.6) is 0 Å². The first-order chi connectivity index (χ1) is 10.0. The van der Waals surface area contributed by atoms with Crippen molar-refractivity contribution >= 4 is 23.1 Å². The lowest BCUT2D eigenvalue weighted by Gasteiger charge is -2.06. The van der Waals surface area contributed by atoms with Crippen molar-refractivity contribution in [1.82, 2.24) is 10.2 Å². The number of hydrogen-bond donors (Lipinski definition) is 3. The first kappa shape index (κ1) is 14.2. The molecule has 1 amide bonds. The van der Waals surface area contributed by atoms with Gasteiger partial charge in [-0.25, -0.2) is 5.10 Å². The van der Waals surface area contributed by atoms with Gasteiger partial charge in [0.25, 0.3) is 17.2 Å². The molecule has 1 aromatic heterocycles. The lowest BCUT2D eigenvalue weighted by molar-refractivity contribution is -0.384. The van der Waals surface area contributed by atoms with Crippen LogP contribution in [-0.2, 0) is 0 Å². The first-order valence-corrected chi connectivity index (χ1v) is 5.84. The number of hydrogen-bond acceptors (Lipinski definition) is 6. The van der Waals surface area contributed by atoms with E-state index in [0.717, 1.165) is 6.07 Å². The molecule has 3 N–H and O–H groups in total. The molecule has 0 bridgehead atoms. The van der Waals surface area contributed by atoms with E-state index in [2.05, 4.69) is 20.8 Å². The quantitative estimate of drug-likeness (QED) is 0.568. The highest BCUT2D eigenvalue weighted by Gasteiger charge is 2.17. The molecule has 0 aliphatic heterocycles. The maximum Gasteiger partial charge on any atom is 0.293 e. The van der Waals surface area contributed by atoms with Crippen molar-refractivity contribution in [3.63, 3.8) is 0 Å². The number of H-pyrrole nitrogens is 1. The predicted molar refractivity (Wildman–Crippen MR) is 75.5 cm³/mol. The molecule has 0 saturated heterocycles. The Morgan fingerprint density at radius 2 is 2.10 bits per heavy atom. The molecule has 9 heteroatoms. The number of nitrogens with zero attached hydrogens (tertiary/aromatic N) is 2. The summed E-state index contributed by atoms with van der Waals surface area (Å²) in [6.07, 6.45) is 0. The van der Waals surface area contributed by atoms with Crippen LogP contribution in [0, 0.1) is 10.1 Å². The number of aromatic nitrogens is 2. The summed E-state index contributed by atoms with van der Waals surface area (Å²) in [5.74, 6) is -0.430. The highest BCUT2D eigenvalue weighted by molar-refractivity contribution is 6.04. The molecule has 0 unspecified atom stereocenters. The van der Waals surface area contributed by atoms with Crippen LogP contribution in [0.15, 0.2) is 35.1 Å². The number of nitro groups is 1. The van der Waals surface area contributed by atoms with Crippen molar-refractivity contribution in [3.8, 4) is 0 Å². The topological polar surface area (TPSA) is 130 Å². The number of nitrogens with one attached hydrogen (secondary N) is 3. The molecule has 0 spiro atoms. The summed E-state index contributed by atoms with van der Waals surface area (Å²) in [7, 11) is 1.55. The van der Waals surface area contributed by atoms with E-state index in [1.807, 2.05) is 0 Å². The van der Waals surface area contributed by atoms with E-state index in [1.165, 1.54) is 24.3 Å². The Morgan fingerprint density at radius 3 is 2.67 bits per heavy atom. The number of carbonyl (C=O) groups excluding carboxylic acids is 1. The van der Waals surface area contributed by atoms with Gasteiger partial charge >= 0.3 is 0 Å². The van der Waals surface area contributed by atoms with Crippen LogP contribution < -0.4 is 16.2 Å². The molecule has 0 fully saturated rings. The number of aromatic amines is 1. The van der Waals surface area contributed by atoms with Crippen LogP contribution in [0.3, 0.4) is 0 Å². The zero-order chi connectivity index (χ0) is 15.4. The number of nitro benzene ring substituents is 1. The minimum Gasteiger partial charge on any atom is -0.383 e. The maximum atomic E-state index is 12.0. The lowest BCUT2D eigenvalue weighted by Crippen LogP contribution is -2.16. The van der Waals surface area contributed by atoms with Gasteiger partial charge in [-0.05, 0) is 18.2 Å². The molecular formula is C12H11N5O4. The monoisotopic (exact) mass is 289 g/mol. The summed E-state index contributed by atoms with van der Waals surface area (Å²) in [6, 6.07) is 6.57. The molecule has 108 valence electrons. The zero-order valence-electron chi connectivity index (χ0n) is 10.9. The number of benzene rings is 1. The molecule has 1 aromatic carbocycles. The molecule has 0 saturated carbocycles. The van der Waals surface area contributed by atoms with Crippen LogP contribution in [0.25, 0.3) is 0 Å². The highest BCUT2D eigenvalue weighted by Crippen LogP contribution is 2.25. The van der Waals surface area contributed by atoms with Crippen molar-refractivity contribution in [2.75, 3.05) is 17.7 Å². The van der Waals surface area contributed by atoms with Crippen molar-refractivity contribution in [2.45, 2.75) is 0 Å². The van der Waals surface area contributed by atoms with Crippen LogP contribution in [0.2, 0.25) is 0 Å². The Kier molecular flexibility index (Phi) is 3.93. The Bertz CT molecular complexity index is 735. The van der Waals surface area contributed by atoms with E-state index >= 15 is 0 Å². The van der Waals surface area contributed by atoms with E-state index in [0.29, 0.717) is 5.69 Å². The Balaban J connectivity index is 2.27. The Hall–Kier alpha value is -3.23. The van der Waals surface area contributed by atoms with Crippen molar-refractivity contribution in [2.24, 2.45) is 0 Å². The summed E-state index contributed by atoms with van der Waals surface area (Å²) in [4.78, 5) is 33.2. The maximum absolute atomic E-state index is 12.0. The molecule has 0 radical (unpaired) electrons. The van der Waals surface area contributed by atoms with E-state index in [1.54, 1.807) is 7.05 Å². The molecule has 21 heavy (non-hydrogen) atoms. The van der Waals surface area contributed by atoms with E-state index in [-0.39, 0.29) is 17.1 Å². The van der Waals surface area contributed by atoms with Crippen LogP contribution in [0.4, 0.5) is 17.2 Å². The van der Waals surface area contributed by atoms with E-state index < -0.39 is 16.4 Å². The average Bonchev–Trinajstić information content (AvgIpc) is 2.48. The fourth-order valence-electron chi connectivity index (χ4n) is 1.64. The van der Waals surface area contributed by atoms with E-state index in [4.69, 9.17) is 0 Å². The van der Waals surface area contributed by atoms with Crippen LogP contribution in [-0.4, -0.2) is 28.1 Å². The smallest absolute Gasteiger partial charge is 0.293 e. The van der Waals surface area contributed by atoms with Gasteiger partial charge in [0.15, 0.2) is 5.82 Å². The predicted octanol–water partition coefficient (Wildman–Crippen LogP) is 0.972. The molecular weight excluding hydrogens is 278 g/mol. The van der Waals surface area contributed by atoms with Gasteiger partial charge in [0.05, 0.1) is 4.92 Å². The fraction of sp³-hybridized carbons (Fsp3) is 0.0833. The van der Waals surface area contributed by atoms with Gasteiger partial charge in [-0.15, -0.1) is 0 Å². The summed E-state index contributed by atoms with van der Waals surface area (Å²) in [5.41, 5.74) is -0.200. The fourth-order valence-corrected chi connectivity index (χ4v) is 1.64. The number of anilines is 2. The molecule has 9 nitrogen and oxygen atoms in total. The van der Waals surface area contributed by atoms with Gasteiger partial charge in [-0.3, -0.25) is 19.7 Å². The standard InChI is InChI=1S/C12H11N5O4/c1-13-8-3-2-7(6-9(8)17(20)21)12(19)14-10-4-5-11(18)16-15-10/h2-6,13H,1H3,(H,16,18)(H,14,15,19). The van der Waals surface area contributed by atoms with Gasteiger partial charge < -0.3 is 10.6 Å². The minimum absolute atomic E-state index is 0.105. The lowest BCUT2D eigenvalue weighted by atomic mass is 10.1. The third-order valence-corrected chi connectivity index (χ3v) is 2.65. The highest BCUT2D eigenvalue weighted by atomic mass is 16.6. The van der Waals surface area contributed by atoms with Crippen molar-refractivity contribution in [3.05, 3.63) is 56.4 Å². The second kappa shape index (κ2) is 5.82. The Labute approximate surface area is 118 Å². The average molecular weight is 289 g/mol. The van der Waals surface area contributed by atoms with Gasteiger partial charge in [-0.2, -0.15) is 5.10 Å². The van der Waals surface area contributed by atoms with Crippen molar-refractivity contribution < 1.29 is 9.72 Å². The number of carbonyl (C=O) groups is 1. The number of rotatable bonds is 4. The zero-order valence-corrected chi connectivity index (χ0v) is 10.9.